The number of unbranched alkanes of at least 4 members (excludes halogenated alkanes) is 11. The molecule has 3 aromatic rings. The van der Waals surface area contributed by atoms with E-state index < -0.39 is 0 Å². The molecular weight excluding hydrogens is 512 g/mol. The number of nitrogens with zero attached hydrogens (tertiary/aromatic N) is 1. The first-order valence-corrected chi connectivity index (χ1v) is 16.4. The third-order valence-electron chi connectivity index (χ3n) is 7.38. The number of anilines is 1. The monoisotopic (exact) mass is 563 g/mol. The molecule has 0 fully saturated rings. The van der Waals surface area contributed by atoms with Crippen LogP contribution in [0.4, 0.5) is 5.69 Å². The molecule has 0 radical (unpaired) electrons. The second-order valence-electron chi connectivity index (χ2n) is 12.1. The Labute approximate surface area is 247 Å². The SMILES string of the molecule is CCCCCCCCCCCCCCOc1cc(C(=O)Nc2cccc(C[n+]3ccsc3)c2)ccc1C(C)(C)C. The van der Waals surface area contributed by atoms with E-state index in [2.05, 4.69) is 66.8 Å². The number of ether oxygens (including phenoxy) is 1. The van der Waals surface area contributed by atoms with E-state index in [1.807, 2.05) is 30.3 Å². The van der Waals surface area contributed by atoms with Gasteiger partial charge in [-0.05, 0) is 41.7 Å². The molecule has 5 heteroatoms. The lowest BCUT2D eigenvalue weighted by Gasteiger charge is -2.23. The summed E-state index contributed by atoms with van der Waals surface area (Å²) in [6, 6.07) is 13.9. The molecule has 1 N–H and O–H groups in total. The highest BCUT2D eigenvalue weighted by atomic mass is 32.1. The largest absolute Gasteiger partial charge is 0.493 e. The fourth-order valence-electron chi connectivity index (χ4n) is 5.04. The van der Waals surface area contributed by atoms with Crippen LogP contribution in [0.2, 0.25) is 0 Å². The average molecular weight is 564 g/mol. The predicted molar refractivity (Wildman–Crippen MR) is 170 cm³/mol. The molecule has 40 heavy (non-hydrogen) atoms. The van der Waals surface area contributed by atoms with Crippen LogP contribution in [0.5, 0.6) is 5.75 Å². The van der Waals surface area contributed by atoms with Crippen molar-refractivity contribution in [3.63, 3.8) is 0 Å². The highest BCUT2D eigenvalue weighted by molar-refractivity contribution is 7.07. The van der Waals surface area contributed by atoms with Crippen LogP contribution >= 0.6 is 11.3 Å². The highest BCUT2D eigenvalue weighted by Crippen LogP contribution is 2.32. The molecule has 218 valence electrons. The van der Waals surface area contributed by atoms with Crippen molar-refractivity contribution in [1.82, 2.24) is 0 Å². The van der Waals surface area contributed by atoms with E-state index >= 15 is 0 Å². The van der Waals surface area contributed by atoms with Crippen molar-refractivity contribution in [2.75, 3.05) is 11.9 Å². The molecule has 1 amide bonds. The Morgan fingerprint density at radius 1 is 0.875 bits per heavy atom. The van der Waals surface area contributed by atoms with Gasteiger partial charge in [0.1, 0.15) is 5.75 Å². The Morgan fingerprint density at radius 3 is 2.17 bits per heavy atom. The zero-order valence-electron chi connectivity index (χ0n) is 25.3. The molecule has 0 saturated heterocycles. The fraction of sp³-hybridized carbons (Fsp3) is 0.543. The summed E-state index contributed by atoms with van der Waals surface area (Å²) < 4.78 is 8.43. The first-order valence-electron chi connectivity index (χ1n) is 15.5. The number of hydrogen-bond donors (Lipinski definition) is 1. The molecule has 0 spiro atoms. The lowest BCUT2D eigenvalue weighted by molar-refractivity contribution is -0.683. The summed E-state index contributed by atoms with van der Waals surface area (Å²) in [5.74, 6) is 0.710. The van der Waals surface area contributed by atoms with E-state index in [0.717, 1.165) is 35.5 Å². The Balaban J connectivity index is 1.46. The molecule has 0 aliphatic carbocycles. The Morgan fingerprint density at radius 2 is 1.55 bits per heavy atom. The van der Waals surface area contributed by atoms with Gasteiger partial charge in [-0.25, -0.2) is 0 Å². The topological polar surface area (TPSA) is 42.2 Å². The third kappa shape index (κ3) is 11.4. The zero-order valence-corrected chi connectivity index (χ0v) is 26.2. The first kappa shape index (κ1) is 31.9. The molecule has 2 aromatic carbocycles. The van der Waals surface area contributed by atoms with Crippen molar-refractivity contribution in [2.24, 2.45) is 0 Å². The van der Waals surface area contributed by atoms with Crippen LogP contribution in [-0.4, -0.2) is 12.5 Å². The molecule has 0 bridgehead atoms. The number of rotatable bonds is 18. The molecule has 0 saturated carbocycles. The number of carbonyl (C=O) groups is 1. The lowest BCUT2D eigenvalue weighted by Crippen LogP contribution is -2.30. The Hall–Kier alpha value is -2.66. The summed E-state index contributed by atoms with van der Waals surface area (Å²) in [6.45, 7) is 10.3. The summed E-state index contributed by atoms with van der Waals surface area (Å²) >= 11 is 1.67. The van der Waals surface area contributed by atoms with E-state index in [0.29, 0.717) is 12.2 Å². The maximum atomic E-state index is 13.2. The minimum atomic E-state index is -0.115. The van der Waals surface area contributed by atoms with Crippen molar-refractivity contribution in [3.8, 4) is 5.75 Å². The van der Waals surface area contributed by atoms with Crippen LogP contribution in [0.25, 0.3) is 0 Å². The van der Waals surface area contributed by atoms with Gasteiger partial charge in [-0.15, -0.1) is 0 Å². The number of amides is 1. The van der Waals surface area contributed by atoms with Crippen LogP contribution < -0.4 is 14.6 Å². The highest BCUT2D eigenvalue weighted by Gasteiger charge is 2.21. The van der Waals surface area contributed by atoms with Gasteiger partial charge >= 0.3 is 0 Å². The van der Waals surface area contributed by atoms with E-state index in [1.165, 1.54) is 70.6 Å². The van der Waals surface area contributed by atoms with Gasteiger partial charge in [0.15, 0.2) is 12.7 Å². The van der Waals surface area contributed by atoms with Crippen LogP contribution in [0.1, 0.15) is 126 Å². The Bertz CT molecular complexity index is 1130. The third-order valence-corrected chi connectivity index (χ3v) is 8.06. The molecule has 1 aromatic heterocycles. The van der Waals surface area contributed by atoms with E-state index in [1.54, 1.807) is 11.3 Å². The number of thiazole rings is 1. The number of hydrogen-bond acceptors (Lipinski definition) is 3. The normalized spacial score (nSPS) is 11.5. The molecule has 0 aliphatic rings. The van der Waals surface area contributed by atoms with Crippen molar-refractivity contribution >= 4 is 22.9 Å². The molecule has 4 nitrogen and oxygen atoms in total. The van der Waals surface area contributed by atoms with Gasteiger partial charge in [-0.2, -0.15) is 4.57 Å². The first-order chi connectivity index (χ1) is 19.4. The smallest absolute Gasteiger partial charge is 0.255 e. The molecule has 0 unspecified atom stereocenters. The van der Waals surface area contributed by atoms with Crippen molar-refractivity contribution in [3.05, 3.63) is 76.2 Å². The number of benzene rings is 2. The standard InChI is InChI=1S/C35H50N2O2S/c1-5-6-7-8-9-10-11-12-13-14-15-16-23-39-33-26-30(20-21-32(33)35(2,3)4)34(38)36-31-19-17-18-29(25-31)27-37-22-24-40-28-37/h17-22,24-26,28H,5-16,23,27H2,1-4H3/p+1. The van der Waals surface area contributed by atoms with Gasteiger partial charge in [-0.3, -0.25) is 4.79 Å². The summed E-state index contributed by atoms with van der Waals surface area (Å²) in [5, 5.41) is 5.14. The lowest BCUT2D eigenvalue weighted by atomic mass is 9.85. The van der Waals surface area contributed by atoms with Gasteiger partial charge in [-0.1, -0.05) is 128 Å². The maximum absolute atomic E-state index is 13.2. The van der Waals surface area contributed by atoms with Gasteiger partial charge in [0, 0.05) is 16.8 Å². The maximum Gasteiger partial charge on any atom is 0.255 e. The molecule has 0 aliphatic heterocycles. The van der Waals surface area contributed by atoms with E-state index in [4.69, 9.17) is 4.74 Å². The van der Waals surface area contributed by atoms with Crippen molar-refractivity contribution in [2.45, 2.75) is 117 Å². The minimum absolute atomic E-state index is 0.0610. The zero-order chi connectivity index (χ0) is 28.6. The van der Waals surface area contributed by atoms with Gasteiger partial charge in [0.05, 0.1) is 12.0 Å². The fourth-order valence-corrected chi connectivity index (χ4v) is 5.64. The van der Waals surface area contributed by atoms with Gasteiger partial charge < -0.3 is 10.1 Å². The van der Waals surface area contributed by atoms with E-state index in [-0.39, 0.29) is 11.3 Å². The van der Waals surface area contributed by atoms with Gasteiger partial charge in [0.25, 0.3) is 5.91 Å². The second-order valence-corrected chi connectivity index (χ2v) is 12.8. The van der Waals surface area contributed by atoms with Crippen LogP contribution in [-0.2, 0) is 12.0 Å². The Kier molecular flexibility index (Phi) is 13.7. The molecule has 3 rings (SSSR count). The minimum Gasteiger partial charge on any atom is -0.493 e. The van der Waals surface area contributed by atoms with Crippen molar-refractivity contribution in [1.29, 1.82) is 0 Å². The predicted octanol–water partition coefficient (Wildman–Crippen LogP) is 9.71. The van der Waals surface area contributed by atoms with Crippen LogP contribution in [0, 0.1) is 0 Å². The second kappa shape index (κ2) is 17.2. The number of aromatic nitrogens is 1. The summed E-state index contributed by atoms with van der Waals surface area (Å²) in [7, 11) is 0. The quantitative estimate of drug-likeness (QED) is 0.124. The average Bonchev–Trinajstić information content (AvgIpc) is 3.44. The molecule has 1 heterocycles. The molecular formula is C35H51N2O2S+. The van der Waals surface area contributed by atoms with Crippen molar-refractivity contribution < 1.29 is 14.1 Å². The van der Waals surface area contributed by atoms with E-state index in [9.17, 15) is 4.79 Å². The molecule has 0 atom stereocenters. The summed E-state index contributed by atoms with van der Waals surface area (Å²) in [5.41, 5.74) is 5.73. The van der Waals surface area contributed by atoms with Crippen LogP contribution in [0.3, 0.4) is 0 Å². The van der Waals surface area contributed by atoms with Gasteiger partial charge in [0.2, 0.25) is 5.51 Å². The van der Waals surface area contributed by atoms with Crippen LogP contribution in [0.15, 0.2) is 59.6 Å². The number of nitrogens with one attached hydrogen (secondary N) is 1. The number of carbonyl (C=O) groups excluding carboxylic acids is 1. The summed E-state index contributed by atoms with van der Waals surface area (Å²) in [6.07, 6.45) is 18.0. The summed E-state index contributed by atoms with van der Waals surface area (Å²) in [4.78, 5) is 13.2.